The fourth-order valence-electron chi connectivity index (χ4n) is 1.84. The third-order valence-corrected chi connectivity index (χ3v) is 2.87. The molecule has 1 atom stereocenters. The van der Waals surface area contributed by atoms with Gasteiger partial charge in [0.1, 0.15) is 11.6 Å². The molecule has 0 spiro atoms. The van der Waals surface area contributed by atoms with E-state index in [1.54, 1.807) is 12.1 Å². The predicted octanol–water partition coefficient (Wildman–Crippen LogP) is 1.57. The second-order valence-electron chi connectivity index (χ2n) is 4.16. The molecular formula is C13H14FNO3. The van der Waals surface area contributed by atoms with Crippen molar-refractivity contribution >= 4 is 11.8 Å². The lowest BCUT2D eigenvalue weighted by atomic mass is 10.1. The summed E-state index contributed by atoms with van der Waals surface area (Å²) in [6, 6.07) is 4.53. The average Bonchev–Trinajstić information content (AvgIpc) is 2.33. The zero-order valence-electron chi connectivity index (χ0n) is 10.0. The molecule has 18 heavy (non-hydrogen) atoms. The van der Waals surface area contributed by atoms with Gasteiger partial charge in [0.25, 0.3) is 5.91 Å². The molecule has 1 N–H and O–H groups in total. The summed E-state index contributed by atoms with van der Waals surface area (Å²) < 4.78 is 18.9. The maximum atomic E-state index is 13.5. The molecule has 1 aliphatic heterocycles. The molecule has 0 aliphatic carbocycles. The molecule has 0 aromatic heterocycles. The number of imide groups is 1. The minimum atomic E-state index is -0.727. The van der Waals surface area contributed by atoms with Crippen LogP contribution in [0.3, 0.4) is 0 Å². The minimum absolute atomic E-state index is 0.242. The highest BCUT2D eigenvalue weighted by molar-refractivity contribution is 5.99. The Morgan fingerprint density at radius 3 is 2.83 bits per heavy atom. The topological polar surface area (TPSA) is 55.4 Å². The number of aryl methyl sites for hydroxylation is 1. The second-order valence-corrected chi connectivity index (χ2v) is 4.16. The van der Waals surface area contributed by atoms with Gasteiger partial charge in [-0.15, -0.1) is 0 Å². The predicted molar refractivity (Wildman–Crippen MR) is 62.6 cm³/mol. The lowest BCUT2D eigenvalue weighted by Gasteiger charge is -2.22. The molecule has 0 bridgehead atoms. The number of ether oxygens (including phenoxy) is 1. The number of carbonyl (C=O) groups is 2. The van der Waals surface area contributed by atoms with Gasteiger partial charge in [0, 0.05) is 18.9 Å². The Labute approximate surface area is 104 Å². The fourth-order valence-corrected chi connectivity index (χ4v) is 1.84. The quantitative estimate of drug-likeness (QED) is 0.830. The molecule has 1 heterocycles. The number of nitrogens with one attached hydrogen (secondary N) is 1. The van der Waals surface area contributed by atoms with E-state index >= 15 is 0 Å². The van der Waals surface area contributed by atoms with Gasteiger partial charge in [-0.25, -0.2) is 4.39 Å². The number of amides is 2. The van der Waals surface area contributed by atoms with Crippen molar-refractivity contribution in [3.05, 3.63) is 29.6 Å². The van der Waals surface area contributed by atoms with Crippen molar-refractivity contribution in [1.82, 2.24) is 5.32 Å². The van der Waals surface area contributed by atoms with E-state index < -0.39 is 12.0 Å². The summed E-state index contributed by atoms with van der Waals surface area (Å²) in [5.74, 6) is -0.805. The van der Waals surface area contributed by atoms with Crippen molar-refractivity contribution in [2.24, 2.45) is 0 Å². The van der Waals surface area contributed by atoms with Gasteiger partial charge in [0.2, 0.25) is 5.91 Å². The largest absolute Gasteiger partial charge is 0.480 e. The first-order valence-electron chi connectivity index (χ1n) is 5.89. The van der Waals surface area contributed by atoms with Gasteiger partial charge < -0.3 is 4.74 Å². The zero-order chi connectivity index (χ0) is 13.1. The van der Waals surface area contributed by atoms with E-state index in [0.29, 0.717) is 24.2 Å². The van der Waals surface area contributed by atoms with Crippen LogP contribution in [0.4, 0.5) is 4.39 Å². The number of carbonyl (C=O) groups excluding carboxylic acids is 2. The van der Waals surface area contributed by atoms with Crippen LogP contribution in [-0.2, 0) is 16.0 Å². The van der Waals surface area contributed by atoms with E-state index in [9.17, 15) is 14.0 Å². The summed E-state index contributed by atoms with van der Waals surface area (Å²) in [7, 11) is 0. The zero-order valence-corrected chi connectivity index (χ0v) is 10.0. The van der Waals surface area contributed by atoms with Gasteiger partial charge in [-0.3, -0.25) is 14.9 Å². The van der Waals surface area contributed by atoms with E-state index in [1.165, 1.54) is 6.07 Å². The van der Waals surface area contributed by atoms with E-state index in [1.807, 2.05) is 6.92 Å². The number of hydrogen-bond donors (Lipinski definition) is 1. The van der Waals surface area contributed by atoms with Crippen molar-refractivity contribution in [1.29, 1.82) is 0 Å². The van der Waals surface area contributed by atoms with Crippen LogP contribution in [0.2, 0.25) is 0 Å². The molecule has 5 heteroatoms. The molecular weight excluding hydrogens is 237 g/mol. The molecule has 96 valence electrons. The number of hydrogen-bond acceptors (Lipinski definition) is 3. The summed E-state index contributed by atoms with van der Waals surface area (Å²) in [5, 5.41) is 2.19. The smallest absolute Gasteiger partial charge is 0.267 e. The van der Waals surface area contributed by atoms with Crippen LogP contribution in [0.15, 0.2) is 18.2 Å². The molecule has 1 aliphatic rings. The number of benzene rings is 1. The van der Waals surface area contributed by atoms with E-state index in [-0.39, 0.29) is 18.1 Å². The highest BCUT2D eigenvalue weighted by Crippen LogP contribution is 2.20. The summed E-state index contributed by atoms with van der Waals surface area (Å²) in [5.41, 5.74) is 0.602. The monoisotopic (exact) mass is 251 g/mol. The van der Waals surface area contributed by atoms with Gasteiger partial charge in [-0.2, -0.15) is 0 Å². The normalized spacial score (nSPS) is 19.6. The van der Waals surface area contributed by atoms with E-state index in [0.717, 1.165) is 0 Å². The Morgan fingerprint density at radius 2 is 2.22 bits per heavy atom. The van der Waals surface area contributed by atoms with Crippen molar-refractivity contribution in [3.8, 4) is 5.75 Å². The standard InChI is InChI=1S/C13H14FNO3/c1-2-8-3-4-9(7-10(8)14)18-11-5-6-12(16)15-13(11)17/h3-4,7,11H,2,5-6H2,1H3,(H,15,16,17). The first kappa shape index (κ1) is 12.5. The Kier molecular flexibility index (Phi) is 3.60. The first-order valence-corrected chi connectivity index (χ1v) is 5.89. The van der Waals surface area contributed by atoms with Crippen LogP contribution in [0.25, 0.3) is 0 Å². The summed E-state index contributed by atoms with van der Waals surface area (Å²) >= 11 is 0. The molecule has 2 rings (SSSR count). The van der Waals surface area contributed by atoms with E-state index in [4.69, 9.17) is 4.74 Å². The van der Waals surface area contributed by atoms with Gasteiger partial charge in [-0.05, 0) is 18.1 Å². The minimum Gasteiger partial charge on any atom is -0.480 e. The van der Waals surface area contributed by atoms with Crippen molar-refractivity contribution < 1.29 is 18.7 Å². The van der Waals surface area contributed by atoms with Crippen LogP contribution >= 0.6 is 0 Å². The molecule has 1 fully saturated rings. The van der Waals surface area contributed by atoms with Crippen molar-refractivity contribution in [2.75, 3.05) is 0 Å². The average molecular weight is 251 g/mol. The Morgan fingerprint density at radius 1 is 1.44 bits per heavy atom. The summed E-state index contributed by atoms with van der Waals surface area (Å²) in [4.78, 5) is 22.4. The third kappa shape index (κ3) is 2.67. The molecule has 1 unspecified atom stereocenters. The molecule has 1 aromatic rings. The number of piperidine rings is 1. The molecule has 1 aromatic carbocycles. The highest BCUT2D eigenvalue weighted by atomic mass is 19.1. The van der Waals surface area contributed by atoms with Crippen molar-refractivity contribution in [3.63, 3.8) is 0 Å². The van der Waals surface area contributed by atoms with Crippen LogP contribution in [0, 0.1) is 5.82 Å². The lowest BCUT2D eigenvalue weighted by Crippen LogP contribution is -2.46. The number of halogens is 1. The molecule has 1 saturated heterocycles. The van der Waals surface area contributed by atoms with Gasteiger partial charge in [0.05, 0.1) is 0 Å². The molecule has 0 saturated carbocycles. The summed E-state index contributed by atoms with van der Waals surface area (Å²) in [6.07, 6.45) is 0.438. The Balaban J connectivity index is 2.07. The van der Waals surface area contributed by atoms with Gasteiger partial charge >= 0.3 is 0 Å². The van der Waals surface area contributed by atoms with Crippen LogP contribution < -0.4 is 10.1 Å². The van der Waals surface area contributed by atoms with Crippen molar-refractivity contribution in [2.45, 2.75) is 32.3 Å². The van der Waals surface area contributed by atoms with Crippen LogP contribution in [0.1, 0.15) is 25.3 Å². The number of rotatable bonds is 3. The highest BCUT2D eigenvalue weighted by Gasteiger charge is 2.28. The molecule has 2 amide bonds. The maximum absolute atomic E-state index is 13.5. The Hall–Kier alpha value is -1.91. The van der Waals surface area contributed by atoms with E-state index in [2.05, 4.69) is 5.32 Å². The first-order chi connectivity index (χ1) is 8.60. The second kappa shape index (κ2) is 5.16. The summed E-state index contributed by atoms with van der Waals surface area (Å²) in [6.45, 7) is 1.86. The van der Waals surface area contributed by atoms with Gasteiger partial charge in [0.15, 0.2) is 6.10 Å². The molecule has 4 nitrogen and oxygen atoms in total. The third-order valence-electron chi connectivity index (χ3n) is 2.87. The van der Waals surface area contributed by atoms with Gasteiger partial charge in [-0.1, -0.05) is 13.0 Å². The van der Waals surface area contributed by atoms with Crippen LogP contribution in [0.5, 0.6) is 5.75 Å². The maximum Gasteiger partial charge on any atom is 0.267 e. The Bertz CT molecular complexity index is 487. The molecule has 0 radical (unpaired) electrons. The van der Waals surface area contributed by atoms with Crippen LogP contribution in [-0.4, -0.2) is 17.9 Å². The SMILES string of the molecule is CCc1ccc(OC2CCC(=O)NC2=O)cc1F. The lowest BCUT2D eigenvalue weighted by molar-refractivity contribution is -0.138. The fraction of sp³-hybridized carbons (Fsp3) is 0.385.